The van der Waals surface area contributed by atoms with Gasteiger partial charge in [-0.1, -0.05) is 33.1 Å². The van der Waals surface area contributed by atoms with Gasteiger partial charge in [0.25, 0.3) is 0 Å². The maximum absolute atomic E-state index is 12.3. The molecule has 0 aromatic carbocycles. The van der Waals surface area contributed by atoms with Gasteiger partial charge in [-0.05, 0) is 25.7 Å². The number of hydrogen-bond donors (Lipinski definition) is 1. The van der Waals surface area contributed by atoms with Gasteiger partial charge in [-0.3, -0.25) is 4.79 Å². The first-order valence-electron chi connectivity index (χ1n) is 8.43. The molecule has 2 aliphatic rings. The number of amides is 1. The normalized spacial score (nSPS) is 22.2. The van der Waals surface area contributed by atoms with Crippen molar-refractivity contribution in [3.63, 3.8) is 0 Å². The van der Waals surface area contributed by atoms with Crippen LogP contribution in [0, 0.1) is 22.2 Å². The fourth-order valence-corrected chi connectivity index (χ4v) is 3.39. The summed E-state index contributed by atoms with van der Waals surface area (Å²) in [7, 11) is 0. The van der Waals surface area contributed by atoms with Gasteiger partial charge in [0.2, 0.25) is 5.91 Å². The highest BCUT2D eigenvalue weighted by molar-refractivity contribution is 5.85. The minimum atomic E-state index is -0.786. The molecule has 0 aromatic heterocycles. The highest BCUT2D eigenvalue weighted by Gasteiger charge is 2.39. The maximum Gasteiger partial charge on any atom is 0.240 e. The molecule has 1 aliphatic heterocycles. The second kappa shape index (κ2) is 7.43. The first-order valence-corrected chi connectivity index (χ1v) is 8.43. The van der Waals surface area contributed by atoms with Crippen LogP contribution in [0.15, 0.2) is 0 Å². The molecule has 0 radical (unpaired) electrons. The molecule has 1 heterocycles. The summed E-state index contributed by atoms with van der Waals surface area (Å²) >= 11 is 0. The summed E-state index contributed by atoms with van der Waals surface area (Å²) in [5.74, 6) is -0.0825. The smallest absolute Gasteiger partial charge is 0.240 e. The number of nitriles is 1. The lowest BCUT2D eigenvalue weighted by atomic mass is 9.74. The lowest BCUT2D eigenvalue weighted by Crippen LogP contribution is -2.42. The van der Waals surface area contributed by atoms with E-state index in [4.69, 9.17) is 9.47 Å². The molecule has 1 N–H and O–H groups in total. The van der Waals surface area contributed by atoms with Crippen molar-refractivity contribution < 1.29 is 14.3 Å². The van der Waals surface area contributed by atoms with E-state index in [2.05, 4.69) is 25.2 Å². The van der Waals surface area contributed by atoms with Crippen molar-refractivity contribution in [1.29, 1.82) is 5.26 Å². The zero-order chi connectivity index (χ0) is 16.1. The Hall–Kier alpha value is -1.12. The molecule has 0 bridgehead atoms. The topological polar surface area (TPSA) is 71.4 Å². The monoisotopic (exact) mass is 308 g/mol. The Kier molecular flexibility index (Phi) is 5.82. The first-order chi connectivity index (χ1) is 10.5. The number of nitrogens with one attached hydrogen (secondary N) is 1. The lowest BCUT2D eigenvalue weighted by Gasteiger charge is -2.31. The fraction of sp³-hybridized carbons (Fsp3) is 0.882. The highest BCUT2D eigenvalue weighted by Crippen LogP contribution is 2.36. The van der Waals surface area contributed by atoms with Crippen molar-refractivity contribution >= 4 is 5.91 Å². The number of carbonyl (C=O) groups is 1. The van der Waals surface area contributed by atoms with E-state index in [9.17, 15) is 10.1 Å². The first kappa shape index (κ1) is 17.2. The van der Waals surface area contributed by atoms with Gasteiger partial charge in [-0.15, -0.1) is 0 Å². The van der Waals surface area contributed by atoms with Crippen molar-refractivity contribution in [3.05, 3.63) is 0 Å². The Morgan fingerprint density at radius 1 is 1.27 bits per heavy atom. The van der Waals surface area contributed by atoms with E-state index in [1.165, 1.54) is 0 Å². The molecule has 124 valence electrons. The van der Waals surface area contributed by atoms with Crippen LogP contribution in [0.1, 0.15) is 58.8 Å². The van der Waals surface area contributed by atoms with Crippen LogP contribution in [0.3, 0.4) is 0 Å². The molecule has 22 heavy (non-hydrogen) atoms. The van der Waals surface area contributed by atoms with Crippen molar-refractivity contribution in [2.75, 3.05) is 19.8 Å². The number of nitrogens with zero attached hydrogens (tertiary/aromatic N) is 1. The van der Waals surface area contributed by atoms with Crippen molar-refractivity contribution in [1.82, 2.24) is 5.32 Å². The van der Waals surface area contributed by atoms with E-state index in [1.54, 1.807) is 0 Å². The maximum atomic E-state index is 12.3. The molecule has 0 atom stereocenters. The molecule has 1 aliphatic carbocycles. The molecular formula is C17H28N2O3. The Balaban J connectivity index is 1.73. The van der Waals surface area contributed by atoms with Gasteiger partial charge in [-0.2, -0.15) is 5.26 Å². The molecule has 0 aromatic rings. The van der Waals surface area contributed by atoms with E-state index >= 15 is 0 Å². The Labute approximate surface area is 133 Å². The molecule has 5 nitrogen and oxygen atoms in total. The standard InChI is InChI=1S/C17H28N2O3/c1-16(2,15-21-11-12-22-15)7-6-10-19-14(20)17(13-18)8-4-3-5-9-17/h15H,3-12H2,1-2H3,(H,19,20). The SMILES string of the molecule is CC(C)(CCCNC(=O)C1(C#N)CCCCC1)C1OCCO1. The zero-order valence-electron chi connectivity index (χ0n) is 13.8. The van der Waals surface area contributed by atoms with Crippen LogP contribution in [0.4, 0.5) is 0 Å². The number of rotatable bonds is 6. The molecule has 0 spiro atoms. The molecule has 5 heteroatoms. The molecule has 2 fully saturated rings. The third-order valence-electron chi connectivity index (χ3n) is 4.90. The minimum Gasteiger partial charge on any atom is -0.355 e. The number of ether oxygens (including phenoxy) is 2. The minimum absolute atomic E-state index is 0.0566. The third-order valence-corrected chi connectivity index (χ3v) is 4.90. The summed E-state index contributed by atoms with van der Waals surface area (Å²) in [6.45, 7) is 6.19. The van der Waals surface area contributed by atoms with Crippen LogP contribution in [0.2, 0.25) is 0 Å². The molecule has 1 saturated heterocycles. The summed E-state index contributed by atoms with van der Waals surface area (Å²) in [4.78, 5) is 12.3. The fourth-order valence-electron chi connectivity index (χ4n) is 3.39. The predicted octanol–water partition coefficient (Wildman–Crippen LogP) is 2.76. The van der Waals surface area contributed by atoms with E-state index in [-0.39, 0.29) is 17.6 Å². The summed E-state index contributed by atoms with van der Waals surface area (Å²) in [5, 5.41) is 12.4. The van der Waals surface area contributed by atoms with Crippen molar-refractivity contribution in [3.8, 4) is 6.07 Å². The van der Waals surface area contributed by atoms with E-state index in [0.29, 0.717) is 32.6 Å². The Bertz CT molecular complexity index is 416. The van der Waals surface area contributed by atoms with Crippen LogP contribution < -0.4 is 5.32 Å². The highest BCUT2D eigenvalue weighted by atomic mass is 16.7. The van der Waals surface area contributed by atoms with Crippen LogP contribution in [0.5, 0.6) is 0 Å². The van der Waals surface area contributed by atoms with Crippen molar-refractivity contribution in [2.45, 2.75) is 65.1 Å². The number of hydrogen-bond acceptors (Lipinski definition) is 4. The molecule has 2 rings (SSSR count). The average Bonchev–Trinajstić information content (AvgIpc) is 3.07. The van der Waals surface area contributed by atoms with Gasteiger partial charge in [0.05, 0.1) is 19.3 Å². The quantitative estimate of drug-likeness (QED) is 0.766. The Morgan fingerprint density at radius 3 is 2.50 bits per heavy atom. The van der Waals surface area contributed by atoms with E-state index in [0.717, 1.165) is 32.1 Å². The molecule has 0 unspecified atom stereocenters. The van der Waals surface area contributed by atoms with Crippen LogP contribution >= 0.6 is 0 Å². The predicted molar refractivity (Wildman–Crippen MR) is 82.8 cm³/mol. The summed E-state index contributed by atoms with van der Waals surface area (Å²) in [6.07, 6.45) is 6.11. The summed E-state index contributed by atoms with van der Waals surface area (Å²) in [6, 6.07) is 2.27. The third kappa shape index (κ3) is 3.99. The van der Waals surface area contributed by atoms with E-state index in [1.807, 2.05) is 0 Å². The van der Waals surface area contributed by atoms with Crippen LogP contribution in [0.25, 0.3) is 0 Å². The van der Waals surface area contributed by atoms with Gasteiger partial charge in [-0.25, -0.2) is 0 Å². The van der Waals surface area contributed by atoms with E-state index < -0.39 is 5.41 Å². The van der Waals surface area contributed by atoms with Crippen LogP contribution in [-0.4, -0.2) is 32.0 Å². The molecule has 1 saturated carbocycles. The van der Waals surface area contributed by atoms with Gasteiger partial charge in [0.1, 0.15) is 5.41 Å². The second-order valence-electron chi connectivity index (χ2n) is 7.18. The Morgan fingerprint density at radius 2 is 1.91 bits per heavy atom. The van der Waals surface area contributed by atoms with Gasteiger partial charge in [0, 0.05) is 12.0 Å². The summed E-state index contributed by atoms with van der Waals surface area (Å²) in [5.41, 5.74) is -0.843. The van der Waals surface area contributed by atoms with Crippen LogP contribution in [-0.2, 0) is 14.3 Å². The summed E-state index contributed by atoms with van der Waals surface area (Å²) < 4.78 is 11.1. The van der Waals surface area contributed by atoms with Gasteiger partial charge >= 0.3 is 0 Å². The molecule has 1 amide bonds. The zero-order valence-corrected chi connectivity index (χ0v) is 13.8. The molecular weight excluding hydrogens is 280 g/mol. The second-order valence-corrected chi connectivity index (χ2v) is 7.18. The van der Waals surface area contributed by atoms with Crippen molar-refractivity contribution in [2.24, 2.45) is 10.8 Å². The van der Waals surface area contributed by atoms with Gasteiger partial charge in [0.15, 0.2) is 6.29 Å². The number of carbonyl (C=O) groups excluding carboxylic acids is 1. The lowest BCUT2D eigenvalue weighted by molar-refractivity contribution is -0.130. The van der Waals surface area contributed by atoms with Gasteiger partial charge < -0.3 is 14.8 Å². The average molecular weight is 308 g/mol. The largest absolute Gasteiger partial charge is 0.355 e.